The molecule has 164 valence electrons. The molecule has 0 aliphatic heterocycles. The van der Waals surface area contributed by atoms with E-state index in [-0.39, 0.29) is 18.4 Å². The van der Waals surface area contributed by atoms with Crippen LogP contribution in [-0.2, 0) is 9.53 Å². The smallest absolute Gasteiger partial charge is 0.410 e. The summed E-state index contributed by atoms with van der Waals surface area (Å²) in [5, 5.41) is 9.96. The molecule has 2 aliphatic carbocycles. The summed E-state index contributed by atoms with van der Waals surface area (Å²) in [6.07, 6.45) is 5.50. The van der Waals surface area contributed by atoms with Crippen molar-refractivity contribution in [1.29, 1.82) is 0 Å². The molecule has 1 atom stereocenters. The van der Waals surface area contributed by atoms with Crippen molar-refractivity contribution in [3.63, 3.8) is 0 Å². The van der Waals surface area contributed by atoms with E-state index in [0.29, 0.717) is 6.54 Å². The normalized spacial score (nSPS) is 17.3. The van der Waals surface area contributed by atoms with Crippen molar-refractivity contribution in [1.82, 2.24) is 4.90 Å². The molecule has 1 amide bonds. The lowest BCUT2D eigenvalue weighted by molar-refractivity contribution is -0.145. The highest BCUT2D eigenvalue weighted by Gasteiger charge is 2.37. The predicted octanol–water partition coefficient (Wildman–Crippen LogP) is 5.68. The summed E-state index contributed by atoms with van der Waals surface area (Å²) in [6.45, 7) is 2.36. The van der Waals surface area contributed by atoms with Gasteiger partial charge >= 0.3 is 12.1 Å². The average Bonchev–Trinajstić information content (AvgIpc) is 2.91. The van der Waals surface area contributed by atoms with Gasteiger partial charge in [-0.2, -0.15) is 0 Å². The van der Waals surface area contributed by atoms with Crippen molar-refractivity contribution < 1.29 is 19.4 Å². The molecule has 2 aliphatic rings. The Bertz CT molecular complexity index is 887. The molecule has 0 bridgehead atoms. The van der Waals surface area contributed by atoms with Crippen LogP contribution in [-0.4, -0.2) is 41.3 Å². The molecule has 5 nitrogen and oxygen atoms in total. The molecule has 1 fully saturated rings. The quantitative estimate of drug-likeness (QED) is 0.609. The summed E-state index contributed by atoms with van der Waals surface area (Å²) in [4.78, 5) is 26.6. The molecular formula is C26H31NO4. The molecule has 1 N–H and O–H groups in total. The molecule has 1 saturated carbocycles. The van der Waals surface area contributed by atoms with E-state index in [4.69, 9.17) is 4.74 Å². The van der Waals surface area contributed by atoms with Gasteiger partial charge in [-0.25, -0.2) is 9.59 Å². The van der Waals surface area contributed by atoms with Gasteiger partial charge in [-0.15, -0.1) is 0 Å². The maximum Gasteiger partial charge on any atom is 0.410 e. The first-order chi connectivity index (χ1) is 15.1. The van der Waals surface area contributed by atoms with Crippen molar-refractivity contribution >= 4 is 12.1 Å². The topological polar surface area (TPSA) is 66.8 Å². The molecule has 0 spiro atoms. The fourth-order valence-electron chi connectivity index (χ4n) is 5.33. The van der Waals surface area contributed by atoms with Crippen molar-refractivity contribution in [2.24, 2.45) is 5.92 Å². The third-order valence-electron chi connectivity index (χ3n) is 6.85. The van der Waals surface area contributed by atoms with E-state index in [1.807, 2.05) is 31.2 Å². The second-order valence-electron chi connectivity index (χ2n) is 8.62. The molecule has 2 aromatic carbocycles. The summed E-state index contributed by atoms with van der Waals surface area (Å²) >= 11 is 0. The molecule has 5 heteroatoms. The number of benzene rings is 2. The SMILES string of the molecule is CCN(C(=O)OCC1c2ccccc2-c2ccccc21)C(C(=O)O)C1CCCCCC1. The Hall–Kier alpha value is -2.82. The number of carbonyl (C=O) groups excluding carboxylic acids is 1. The lowest BCUT2D eigenvalue weighted by atomic mass is 9.91. The van der Waals surface area contributed by atoms with Crippen LogP contribution in [0.25, 0.3) is 11.1 Å². The number of likely N-dealkylation sites (N-methyl/N-ethyl adjacent to an activating group) is 1. The van der Waals surface area contributed by atoms with Crippen LogP contribution in [0.15, 0.2) is 48.5 Å². The molecule has 0 aromatic heterocycles. The Morgan fingerprint density at radius 2 is 1.52 bits per heavy atom. The summed E-state index contributed by atoms with van der Waals surface area (Å²) in [5.41, 5.74) is 4.65. The Balaban J connectivity index is 1.51. The number of ether oxygens (including phenoxy) is 1. The molecule has 1 unspecified atom stereocenters. The van der Waals surface area contributed by atoms with E-state index in [2.05, 4.69) is 24.3 Å². The van der Waals surface area contributed by atoms with E-state index in [1.165, 1.54) is 16.0 Å². The van der Waals surface area contributed by atoms with E-state index < -0.39 is 18.1 Å². The van der Waals surface area contributed by atoms with Gasteiger partial charge in [0.25, 0.3) is 0 Å². The van der Waals surface area contributed by atoms with E-state index >= 15 is 0 Å². The highest BCUT2D eigenvalue weighted by molar-refractivity contribution is 5.81. The first-order valence-electron chi connectivity index (χ1n) is 11.5. The monoisotopic (exact) mass is 421 g/mol. The highest BCUT2D eigenvalue weighted by atomic mass is 16.6. The van der Waals surface area contributed by atoms with E-state index in [0.717, 1.165) is 49.7 Å². The fraction of sp³-hybridized carbons (Fsp3) is 0.462. The van der Waals surface area contributed by atoms with Crippen LogP contribution in [0.5, 0.6) is 0 Å². The van der Waals surface area contributed by atoms with E-state index in [1.54, 1.807) is 0 Å². The number of carboxylic acid groups (broad SMARTS) is 1. The summed E-state index contributed by atoms with van der Waals surface area (Å²) < 4.78 is 5.77. The van der Waals surface area contributed by atoms with Crippen molar-refractivity contribution in [3.8, 4) is 11.1 Å². The minimum Gasteiger partial charge on any atom is -0.480 e. The summed E-state index contributed by atoms with van der Waals surface area (Å²) in [5.74, 6) is -0.973. The van der Waals surface area contributed by atoms with Gasteiger partial charge in [0.1, 0.15) is 12.6 Å². The van der Waals surface area contributed by atoms with Gasteiger partial charge < -0.3 is 9.84 Å². The van der Waals surface area contributed by atoms with E-state index in [9.17, 15) is 14.7 Å². The third kappa shape index (κ3) is 4.32. The molecular weight excluding hydrogens is 390 g/mol. The molecule has 2 aromatic rings. The number of fused-ring (bicyclic) bond motifs is 3. The van der Waals surface area contributed by atoms with Gasteiger partial charge in [-0.05, 0) is 47.9 Å². The minimum atomic E-state index is -0.928. The molecule has 0 heterocycles. The lowest BCUT2D eigenvalue weighted by Gasteiger charge is -2.33. The van der Waals surface area contributed by atoms with Crippen molar-refractivity contribution in [2.75, 3.05) is 13.2 Å². The van der Waals surface area contributed by atoms with Gasteiger partial charge in [-0.1, -0.05) is 74.2 Å². The molecule has 0 radical (unpaired) electrons. The first kappa shape index (κ1) is 21.4. The first-order valence-corrected chi connectivity index (χ1v) is 11.5. The van der Waals surface area contributed by atoms with Crippen LogP contribution in [0.4, 0.5) is 4.79 Å². The van der Waals surface area contributed by atoms with Crippen LogP contribution in [0.3, 0.4) is 0 Å². The maximum atomic E-state index is 13.1. The number of nitrogens with zero attached hydrogens (tertiary/aromatic N) is 1. The highest BCUT2D eigenvalue weighted by Crippen LogP contribution is 2.44. The number of aliphatic carboxylic acids is 1. The predicted molar refractivity (Wildman–Crippen MR) is 120 cm³/mol. The number of amides is 1. The maximum absolute atomic E-state index is 13.1. The Labute approximate surface area is 184 Å². The van der Waals surface area contributed by atoms with Gasteiger partial charge in [0.15, 0.2) is 0 Å². The van der Waals surface area contributed by atoms with Crippen molar-refractivity contribution in [2.45, 2.75) is 57.4 Å². The van der Waals surface area contributed by atoms with Gasteiger partial charge in [0.05, 0.1) is 0 Å². The molecule has 4 rings (SSSR count). The number of carbonyl (C=O) groups is 2. The fourth-order valence-corrected chi connectivity index (χ4v) is 5.33. The van der Waals surface area contributed by atoms with Crippen molar-refractivity contribution in [3.05, 3.63) is 59.7 Å². The number of carboxylic acids is 1. The molecule has 31 heavy (non-hydrogen) atoms. The standard InChI is InChI=1S/C26H31NO4/c1-2-27(24(25(28)29)18-11-5-3-4-6-12-18)26(30)31-17-23-21-15-9-7-13-19(21)20-14-8-10-16-22(20)23/h7-10,13-16,18,23-24H,2-6,11-12,17H2,1H3,(H,28,29). The van der Waals surface area contributed by atoms with Gasteiger partial charge in [0.2, 0.25) is 0 Å². The second-order valence-corrected chi connectivity index (χ2v) is 8.62. The number of rotatable bonds is 6. The Morgan fingerprint density at radius 3 is 2.03 bits per heavy atom. The van der Waals surface area contributed by atoms with Gasteiger partial charge in [0, 0.05) is 12.5 Å². The minimum absolute atomic E-state index is 0.0135. The average molecular weight is 422 g/mol. The van der Waals surface area contributed by atoms with Crippen LogP contribution < -0.4 is 0 Å². The Morgan fingerprint density at radius 1 is 0.968 bits per heavy atom. The van der Waals surface area contributed by atoms with Crippen LogP contribution in [0, 0.1) is 5.92 Å². The number of hydrogen-bond acceptors (Lipinski definition) is 3. The second kappa shape index (κ2) is 9.54. The van der Waals surface area contributed by atoms with Crippen LogP contribution in [0.2, 0.25) is 0 Å². The largest absolute Gasteiger partial charge is 0.480 e. The lowest BCUT2D eigenvalue weighted by Crippen LogP contribution is -2.49. The number of hydrogen-bond donors (Lipinski definition) is 1. The Kier molecular flexibility index (Phi) is 6.59. The molecule has 0 saturated heterocycles. The summed E-state index contributed by atoms with van der Waals surface area (Å²) in [6, 6.07) is 15.6. The van der Waals surface area contributed by atoms with Gasteiger partial charge in [-0.3, -0.25) is 4.90 Å². The zero-order valence-electron chi connectivity index (χ0n) is 18.1. The zero-order chi connectivity index (χ0) is 21.8. The third-order valence-corrected chi connectivity index (χ3v) is 6.85. The summed E-state index contributed by atoms with van der Waals surface area (Å²) in [7, 11) is 0. The van der Waals surface area contributed by atoms with Crippen LogP contribution >= 0.6 is 0 Å². The zero-order valence-corrected chi connectivity index (χ0v) is 18.1. The van der Waals surface area contributed by atoms with Crippen LogP contribution in [0.1, 0.15) is 62.5 Å².